The largest absolute Gasteiger partial charge is 0.381 e. The number of ether oxygens (including phenoxy) is 1. The summed E-state index contributed by atoms with van der Waals surface area (Å²) in [6.07, 6.45) is 1.59. The van der Waals surface area contributed by atoms with E-state index in [4.69, 9.17) is 4.74 Å². The SMILES string of the molecule is O=c1[nH]c2c(c(=O)n1C1CCOCC1)C[C@H](F)[C@H](c1ccc(C3CC3)cc1F)N2. The minimum absolute atomic E-state index is 0.171. The van der Waals surface area contributed by atoms with Gasteiger partial charge in [-0.25, -0.2) is 13.6 Å². The number of alkyl halides is 1. The van der Waals surface area contributed by atoms with Crippen molar-refractivity contribution in [2.45, 2.75) is 56.3 Å². The first-order chi connectivity index (χ1) is 14.0. The molecule has 2 N–H and O–H groups in total. The normalized spacial score (nSPS) is 24.8. The molecule has 1 aromatic heterocycles. The van der Waals surface area contributed by atoms with Gasteiger partial charge in [-0.3, -0.25) is 14.3 Å². The molecule has 8 heteroatoms. The first-order valence-electron chi connectivity index (χ1n) is 10.2. The third kappa shape index (κ3) is 3.29. The lowest BCUT2D eigenvalue weighted by atomic mass is 9.92. The maximum atomic E-state index is 15.0. The Morgan fingerprint density at radius 2 is 1.86 bits per heavy atom. The summed E-state index contributed by atoms with van der Waals surface area (Å²) in [5.41, 5.74) is 0.338. The molecule has 0 unspecified atom stereocenters. The molecule has 2 fully saturated rings. The van der Waals surface area contributed by atoms with Gasteiger partial charge in [-0.15, -0.1) is 0 Å². The fourth-order valence-electron chi connectivity index (χ4n) is 4.47. The highest BCUT2D eigenvalue weighted by Gasteiger charge is 2.35. The van der Waals surface area contributed by atoms with E-state index >= 15 is 4.39 Å². The second kappa shape index (κ2) is 7.09. The van der Waals surface area contributed by atoms with Gasteiger partial charge in [-0.1, -0.05) is 12.1 Å². The van der Waals surface area contributed by atoms with Crippen LogP contribution >= 0.6 is 0 Å². The van der Waals surface area contributed by atoms with Gasteiger partial charge in [0.05, 0.1) is 11.6 Å². The van der Waals surface area contributed by atoms with E-state index in [-0.39, 0.29) is 29.4 Å². The van der Waals surface area contributed by atoms with Crippen molar-refractivity contribution in [1.29, 1.82) is 0 Å². The number of rotatable bonds is 3. The first kappa shape index (κ1) is 18.5. The Morgan fingerprint density at radius 1 is 1.10 bits per heavy atom. The number of nitrogens with zero attached hydrogens (tertiary/aromatic N) is 1. The Morgan fingerprint density at radius 3 is 2.55 bits per heavy atom. The van der Waals surface area contributed by atoms with Crippen molar-refractivity contribution >= 4 is 5.82 Å². The predicted octanol–water partition coefficient (Wildman–Crippen LogP) is 2.95. The number of H-pyrrole nitrogens is 1. The van der Waals surface area contributed by atoms with Crippen molar-refractivity contribution < 1.29 is 13.5 Å². The molecule has 1 aliphatic carbocycles. The monoisotopic (exact) mass is 403 g/mol. The fraction of sp³-hybridized carbons (Fsp3) is 0.524. The lowest BCUT2D eigenvalue weighted by molar-refractivity contribution is 0.0673. The molecule has 0 bridgehead atoms. The lowest BCUT2D eigenvalue weighted by Gasteiger charge is -2.31. The van der Waals surface area contributed by atoms with Crippen LogP contribution < -0.4 is 16.6 Å². The maximum absolute atomic E-state index is 15.0. The molecular formula is C21H23F2N3O3. The zero-order valence-corrected chi connectivity index (χ0v) is 15.9. The van der Waals surface area contributed by atoms with Crippen LogP contribution in [-0.2, 0) is 11.2 Å². The molecule has 3 aliphatic rings. The number of halogens is 2. The van der Waals surface area contributed by atoms with E-state index in [0.29, 0.717) is 32.0 Å². The molecule has 2 atom stereocenters. The van der Waals surface area contributed by atoms with E-state index in [1.165, 1.54) is 10.6 Å². The smallest absolute Gasteiger partial charge is 0.330 e. The second-order valence-electron chi connectivity index (χ2n) is 8.20. The lowest BCUT2D eigenvalue weighted by Crippen LogP contribution is -2.45. The third-order valence-electron chi connectivity index (χ3n) is 6.25. The van der Waals surface area contributed by atoms with Crippen molar-refractivity contribution in [3.63, 3.8) is 0 Å². The first-order valence-corrected chi connectivity index (χ1v) is 10.2. The molecule has 0 spiro atoms. The van der Waals surface area contributed by atoms with Crippen molar-refractivity contribution in [1.82, 2.24) is 9.55 Å². The molecule has 6 nitrogen and oxygen atoms in total. The number of anilines is 1. The van der Waals surface area contributed by atoms with Crippen LogP contribution in [0.4, 0.5) is 14.6 Å². The van der Waals surface area contributed by atoms with Crippen LogP contribution in [0, 0.1) is 5.82 Å². The van der Waals surface area contributed by atoms with E-state index in [1.54, 1.807) is 6.07 Å². The highest BCUT2D eigenvalue weighted by molar-refractivity contribution is 5.49. The highest BCUT2D eigenvalue weighted by atomic mass is 19.1. The molecule has 5 rings (SSSR count). The summed E-state index contributed by atoms with van der Waals surface area (Å²) in [5.74, 6) is 0.128. The predicted molar refractivity (Wildman–Crippen MR) is 104 cm³/mol. The number of hydrogen-bond donors (Lipinski definition) is 2. The van der Waals surface area contributed by atoms with Gasteiger partial charge in [-0.05, 0) is 43.2 Å². The summed E-state index contributed by atoms with van der Waals surface area (Å²) in [4.78, 5) is 28.2. The van der Waals surface area contributed by atoms with Crippen molar-refractivity contribution in [2.75, 3.05) is 18.5 Å². The number of hydrogen-bond acceptors (Lipinski definition) is 4. The summed E-state index contributed by atoms with van der Waals surface area (Å²) in [6, 6.07) is 3.71. The molecule has 2 aromatic rings. The minimum atomic E-state index is -1.48. The molecule has 3 heterocycles. The topological polar surface area (TPSA) is 76.1 Å². The van der Waals surface area contributed by atoms with Crippen LogP contribution in [0.3, 0.4) is 0 Å². The molecule has 1 saturated heterocycles. The Kier molecular flexibility index (Phi) is 4.53. The Labute approximate surface area is 165 Å². The zero-order valence-electron chi connectivity index (χ0n) is 15.9. The number of benzene rings is 1. The Balaban J connectivity index is 1.49. The van der Waals surface area contributed by atoms with Crippen molar-refractivity contribution in [2.24, 2.45) is 0 Å². The zero-order chi connectivity index (χ0) is 20.1. The molecule has 1 saturated carbocycles. The van der Waals surface area contributed by atoms with Crippen LogP contribution in [0.2, 0.25) is 0 Å². The molecule has 29 heavy (non-hydrogen) atoms. The van der Waals surface area contributed by atoms with E-state index in [9.17, 15) is 14.0 Å². The van der Waals surface area contributed by atoms with Gasteiger partial charge in [-0.2, -0.15) is 0 Å². The van der Waals surface area contributed by atoms with Crippen LogP contribution in [0.5, 0.6) is 0 Å². The van der Waals surface area contributed by atoms with Crippen LogP contribution in [0.1, 0.15) is 60.4 Å². The van der Waals surface area contributed by atoms with Crippen LogP contribution in [0.15, 0.2) is 27.8 Å². The van der Waals surface area contributed by atoms with Gasteiger partial charge >= 0.3 is 5.69 Å². The van der Waals surface area contributed by atoms with Gasteiger partial charge < -0.3 is 10.1 Å². The van der Waals surface area contributed by atoms with E-state index < -0.39 is 29.3 Å². The summed E-state index contributed by atoms with van der Waals surface area (Å²) in [5, 5.41) is 2.87. The summed E-state index contributed by atoms with van der Waals surface area (Å²) < 4.78 is 36.2. The summed E-state index contributed by atoms with van der Waals surface area (Å²) >= 11 is 0. The summed E-state index contributed by atoms with van der Waals surface area (Å²) in [7, 11) is 0. The molecule has 0 amide bonds. The van der Waals surface area contributed by atoms with Crippen molar-refractivity contribution in [3.8, 4) is 0 Å². The second-order valence-corrected chi connectivity index (χ2v) is 8.20. The standard InChI is InChI=1S/C21H23F2N3O3/c22-16-9-12(11-1-2-11)3-4-14(16)18-17(23)10-15-19(24-18)25-21(28)26(20(15)27)13-5-7-29-8-6-13/h3-4,9,11,13,17-18,24H,1-2,5-8,10H2,(H,25,28)/t17-,18-/m0/s1. The summed E-state index contributed by atoms with van der Waals surface area (Å²) in [6.45, 7) is 0.964. The van der Waals surface area contributed by atoms with E-state index in [1.807, 2.05) is 6.07 Å². The van der Waals surface area contributed by atoms with Gasteiger partial charge in [0, 0.05) is 31.2 Å². The molecule has 0 radical (unpaired) electrons. The molecule has 2 aliphatic heterocycles. The van der Waals surface area contributed by atoms with Gasteiger partial charge in [0.25, 0.3) is 5.56 Å². The number of aromatic amines is 1. The maximum Gasteiger partial charge on any atom is 0.330 e. The third-order valence-corrected chi connectivity index (χ3v) is 6.25. The number of fused-ring (bicyclic) bond motifs is 1. The average Bonchev–Trinajstić information content (AvgIpc) is 3.55. The molecule has 1 aromatic carbocycles. The average molecular weight is 403 g/mol. The van der Waals surface area contributed by atoms with Crippen LogP contribution in [-0.4, -0.2) is 28.9 Å². The molecule has 154 valence electrons. The van der Waals surface area contributed by atoms with Crippen LogP contribution in [0.25, 0.3) is 0 Å². The van der Waals surface area contributed by atoms with Gasteiger partial charge in [0.1, 0.15) is 17.8 Å². The Hall–Kier alpha value is -2.48. The highest BCUT2D eigenvalue weighted by Crippen LogP contribution is 2.41. The van der Waals surface area contributed by atoms with Gasteiger partial charge in [0.2, 0.25) is 0 Å². The van der Waals surface area contributed by atoms with E-state index in [2.05, 4.69) is 10.3 Å². The number of aromatic nitrogens is 2. The number of nitrogens with one attached hydrogen (secondary N) is 2. The van der Waals surface area contributed by atoms with E-state index in [0.717, 1.165) is 18.4 Å². The fourth-order valence-corrected chi connectivity index (χ4v) is 4.47. The quantitative estimate of drug-likeness (QED) is 0.826. The van der Waals surface area contributed by atoms with Crippen molar-refractivity contribution in [3.05, 3.63) is 61.5 Å². The Bertz CT molecular complexity index is 1050. The minimum Gasteiger partial charge on any atom is -0.381 e. The molecular weight excluding hydrogens is 380 g/mol. The van der Waals surface area contributed by atoms with Gasteiger partial charge in [0.15, 0.2) is 0 Å².